The number of alkyl halides is 3. The molecular weight excluding hydrogens is 462 g/mol. The number of hydrogen-bond acceptors (Lipinski definition) is 3. The van der Waals surface area contributed by atoms with Crippen molar-refractivity contribution in [3.8, 4) is 5.75 Å². The van der Waals surface area contributed by atoms with Crippen LogP contribution in [0.15, 0.2) is 29.3 Å². The van der Waals surface area contributed by atoms with E-state index in [4.69, 9.17) is 10.5 Å². The van der Waals surface area contributed by atoms with Gasteiger partial charge in [0.1, 0.15) is 5.75 Å². The number of fused-ring (bicyclic) bond motifs is 2. The maximum absolute atomic E-state index is 12.3. The predicted molar refractivity (Wildman–Crippen MR) is 102 cm³/mol. The molecule has 1 saturated heterocycles. The third kappa shape index (κ3) is 3.47. The van der Waals surface area contributed by atoms with Crippen molar-refractivity contribution in [2.24, 2.45) is 22.1 Å². The highest BCUT2D eigenvalue weighted by Gasteiger charge is 2.66. The molecule has 1 aliphatic heterocycles. The van der Waals surface area contributed by atoms with E-state index < -0.39 is 6.36 Å². The van der Waals surface area contributed by atoms with Crippen molar-refractivity contribution < 1.29 is 22.6 Å². The zero-order valence-electron chi connectivity index (χ0n) is 14.0. The highest BCUT2D eigenvalue weighted by Crippen LogP contribution is 2.64. The van der Waals surface area contributed by atoms with Crippen LogP contribution in [0.1, 0.15) is 25.7 Å². The molecule has 3 atom stereocenters. The van der Waals surface area contributed by atoms with Crippen molar-refractivity contribution in [3.05, 3.63) is 24.3 Å². The number of rotatable bonds is 3. The Hall–Kier alpha value is -1.23. The highest BCUT2D eigenvalue weighted by atomic mass is 127. The SMILES string of the molecule is I.NC(=NC1C2CCOC2C12CCC2)Nc1cccc(OC(F)(F)F)c1. The number of nitrogens with two attached hydrogens (primary N) is 1. The Kier molecular flexibility index (Phi) is 5.31. The van der Waals surface area contributed by atoms with Crippen molar-refractivity contribution in [2.75, 3.05) is 11.9 Å². The quantitative estimate of drug-likeness (QED) is 0.389. The third-order valence-electron chi connectivity index (χ3n) is 5.60. The normalized spacial score (nSPS) is 29.2. The molecule has 2 saturated carbocycles. The highest BCUT2D eigenvalue weighted by molar-refractivity contribution is 14.0. The minimum atomic E-state index is -4.72. The molecule has 26 heavy (non-hydrogen) atoms. The minimum absolute atomic E-state index is 0. The monoisotopic (exact) mass is 483 g/mol. The van der Waals surface area contributed by atoms with Crippen LogP contribution < -0.4 is 15.8 Å². The van der Waals surface area contributed by atoms with Gasteiger partial charge in [0, 0.05) is 29.7 Å². The molecule has 1 heterocycles. The van der Waals surface area contributed by atoms with Crippen LogP contribution in [0.4, 0.5) is 18.9 Å². The Balaban J connectivity index is 0.00000196. The largest absolute Gasteiger partial charge is 0.573 e. The summed E-state index contributed by atoms with van der Waals surface area (Å²) >= 11 is 0. The lowest BCUT2D eigenvalue weighted by Crippen LogP contribution is -2.65. The molecule has 0 bridgehead atoms. The predicted octanol–water partition coefficient (Wildman–Crippen LogP) is 3.89. The second-order valence-electron chi connectivity index (χ2n) is 6.99. The molecule has 3 N–H and O–H groups in total. The fourth-order valence-electron chi connectivity index (χ4n) is 4.49. The van der Waals surface area contributed by atoms with Gasteiger partial charge in [-0.3, -0.25) is 0 Å². The molecule has 0 amide bonds. The van der Waals surface area contributed by atoms with E-state index in [0.717, 1.165) is 25.9 Å². The number of ether oxygens (including phenoxy) is 2. The Labute approximate surface area is 166 Å². The summed E-state index contributed by atoms with van der Waals surface area (Å²) in [6.45, 7) is 0.771. The van der Waals surface area contributed by atoms with Gasteiger partial charge in [0.05, 0.1) is 12.1 Å². The Morgan fingerprint density at radius 3 is 2.77 bits per heavy atom. The third-order valence-corrected chi connectivity index (χ3v) is 5.60. The van der Waals surface area contributed by atoms with Crippen molar-refractivity contribution in [1.29, 1.82) is 0 Å². The fourth-order valence-corrected chi connectivity index (χ4v) is 4.49. The van der Waals surface area contributed by atoms with Crippen molar-refractivity contribution >= 4 is 35.6 Å². The number of nitrogens with zero attached hydrogens (tertiary/aromatic N) is 1. The molecule has 0 radical (unpaired) electrons. The summed E-state index contributed by atoms with van der Waals surface area (Å²) in [6.07, 6.45) is -0.0508. The average molecular weight is 483 g/mol. The lowest BCUT2D eigenvalue weighted by atomic mass is 9.46. The number of anilines is 1. The fraction of sp³-hybridized carbons (Fsp3) is 0.588. The standard InChI is InChI=1S/C17H20F3N3O2.HI/c18-17(19,20)25-11-4-1-3-10(9-11)22-15(21)23-13-12-5-8-24-14(12)16(13)6-2-7-16;/h1,3-4,9,12-14H,2,5-8H2,(H3,21,22,23);1H. The van der Waals surface area contributed by atoms with Crippen LogP contribution in [0.5, 0.6) is 5.75 Å². The number of benzene rings is 1. The minimum Gasteiger partial charge on any atom is -0.406 e. The van der Waals surface area contributed by atoms with E-state index in [1.807, 2.05) is 0 Å². The molecule has 3 fully saturated rings. The van der Waals surface area contributed by atoms with Crippen LogP contribution in [-0.4, -0.2) is 31.1 Å². The van der Waals surface area contributed by atoms with Gasteiger partial charge >= 0.3 is 6.36 Å². The van der Waals surface area contributed by atoms with Crippen molar-refractivity contribution in [1.82, 2.24) is 0 Å². The van der Waals surface area contributed by atoms with E-state index in [1.165, 1.54) is 24.6 Å². The van der Waals surface area contributed by atoms with Gasteiger partial charge in [-0.05, 0) is 31.4 Å². The van der Waals surface area contributed by atoms with E-state index in [1.54, 1.807) is 6.07 Å². The molecule has 9 heteroatoms. The lowest BCUT2D eigenvalue weighted by Gasteiger charge is -2.61. The average Bonchev–Trinajstić information content (AvgIpc) is 2.87. The molecule has 5 nitrogen and oxygen atoms in total. The van der Waals surface area contributed by atoms with Gasteiger partial charge in [-0.2, -0.15) is 0 Å². The summed E-state index contributed by atoms with van der Waals surface area (Å²) in [6, 6.07) is 5.70. The zero-order chi connectivity index (χ0) is 17.7. The smallest absolute Gasteiger partial charge is 0.406 e. The molecule has 144 valence electrons. The topological polar surface area (TPSA) is 68.9 Å². The first kappa shape index (κ1) is 19.5. The summed E-state index contributed by atoms with van der Waals surface area (Å²) < 4.78 is 46.7. The van der Waals surface area contributed by atoms with Gasteiger partial charge in [-0.15, -0.1) is 37.1 Å². The van der Waals surface area contributed by atoms with Crippen LogP contribution in [-0.2, 0) is 4.74 Å². The molecule has 3 aliphatic rings. The first-order valence-corrected chi connectivity index (χ1v) is 8.45. The number of nitrogens with one attached hydrogen (secondary N) is 1. The van der Waals surface area contributed by atoms with Gasteiger partial charge in [0.2, 0.25) is 0 Å². The summed E-state index contributed by atoms with van der Waals surface area (Å²) in [7, 11) is 0. The maximum atomic E-state index is 12.3. The molecular formula is C17H21F3IN3O2. The number of guanidine groups is 1. The molecule has 2 aliphatic carbocycles. The molecule has 1 spiro atoms. The van der Waals surface area contributed by atoms with Gasteiger partial charge in [-0.25, -0.2) is 4.99 Å². The molecule has 0 aromatic heterocycles. The Bertz CT molecular complexity index is 694. The first-order chi connectivity index (χ1) is 11.9. The van der Waals surface area contributed by atoms with E-state index >= 15 is 0 Å². The number of aliphatic imine (C=N–C) groups is 1. The van der Waals surface area contributed by atoms with E-state index in [9.17, 15) is 13.2 Å². The van der Waals surface area contributed by atoms with Crippen molar-refractivity contribution in [2.45, 2.75) is 44.2 Å². The van der Waals surface area contributed by atoms with Gasteiger partial charge < -0.3 is 20.5 Å². The van der Waals surface area contributed by atoms with Crippen LogP contribution in [0.25, 0.3) is 0 Å². The maximum Gasteiger partial charge on any atom is 0.573 e. The Morgan fingerprint density at radius 2 is 2.12 bits per heavy atom. The number of hydrogen-bond donors (Lipinski definition) is 2. The number of halogens is 4. The van der Waals surface area contributed by atoms with E-state index in [-0.39, 0.29) is 47.1 Å². The van der Waals surface area contributed by atoms with Crippen LogP contribution >= 0.6 is 24.0 Å². The van der Waals surface area contributed by atoms with E-state index in [2.05, 4.69) is 15.0 Å². The second kappa shape index (κ2) is 7.06. The van der Waals surface area contributed by atoms with Gasteiger partial charge in [0.25, 0.3) is 0 Å². The second-order valence-corrected chi connectivity index (χ2v) is 6.99. The van der Waals surface area contributed by atoms with E-state index in [0.29, 0.717) is 17.7 Å². The molecule has 1 aromatic carbocycles. The van der Waals surface area contributed by atoms with Crippen LogP contribution in [0.2, 0.25) is 0 Å². The summed E-state index contributed by atoms with van der Waals surface area (Å²) in [5, 5.41) is 2.87. The van der Waals surface area contributed by atoms with Gasteiger partial charge in [0.15, 0.2) is 5.96 Å². The molecule has 4 rings (SSSR count). The molecule has 1 aromatic rings. The summed E-state index contributed by atoms with van der Waals surface area (Å²) in [4.78, 5) is 4.64. The van der Waals surface area contributed by atoms with Crippen molar-refractivity contribution in [3.63, 3.8) is 0 Å². The Morgan fingerprint density at radius 1 is 1.35 bits per heavy atom. The first-order valence-electron chi connectivity index (χ1n) is 8.45. The van der Waals surface area contributed by atoms with Gasteiger partial charge in [-0.1, -0.05) is 12.5 Å². The zero-order valence-corrected chi connectivity index (χ0v) is 16.3. The summed E-state index contributed by atoms with van der Waals surface area (Å²) in [5.41, 5.74) is 6.54. The lowest BCUT2D eigenvalue weighted by molar-refractivity contribution is -0.274. The summed E-state index contributed by atoms with van der Waals surface area (Å²) in [5.74, 6) is 0.319. The van der Waals surface area contributed by atoms with Crippen LogP contribution in [0.3, 0.4) is 0 Å². The van der Waals surface area contributed by atoms with Crippen LogP contribution in [0, 0.1) is 11.3 Å². The molecule has 3 unspecified atom stereocenters.